The maximum atomic E-state index is 5.26. The molecule has 0 rings (SSSR count). The molecule has 2 nitrogen and oxygen atoms in total. The molecule has 0 aromatic rings. The van der Waals surface area contributed by atoms with E-state index in [1.807, 2.05) is 0 Å². The number of rotatable bonds is 4. The maximum absolute atomic E-state index is 5.26. The molecule has 0 heterocycles. The molecule has 0 amide bonds. The highest BCUT2D eigenvalue weighted by atomic mass is 16.5. The highest BCUT2D eigenvalue weighted by Gasteiger charge is 1.99. The first kappa shape index (κ1) is 7.98. The number of hydrogen-bond acceptors (Lipinski definition) is 2. The van der Waals surface area contributed by atoms with Gasteiger partial charge in [0, 0.05) is 14.2 Å². The lowest BCUT2D eigenvalue weighted by Gasteiger charge is -2.10. The van der Waals surface area contributed by atoms with Crippen molar-refractivity contribution in [1.29, 1.82) is 0 Å². The van der Waals surface area contributed by atoms with Gasteiger partial charge in [0.25, 0.3) is 0 Å². The average Bonchev–Trinajstić information content (AvgIpc) is 1.83. The molecule has 0 bridgehead atoms. The zero-order valence-electron chi connectivity index (χ0n) is 5.39. The smallest absolute Gasteiger partial charge is 0.0727 e. The van der Waals surface area contributed by atoms with E-state index in [-0.39, 0.29) is 6.10 Å². The molecule has 0 fully saturated rings. The molecule has 1 atom stereocenters. The van der Waals surface area contributed by atoms with Gasteiger partial charge in [-0.3, -0.25) is 0 Å². The van der Waals surface area contributed by atoms with E-state index in [1.165, 1.54) is 0 Å². The second kappa shape index (κ2) is 5.13. The third-order valence-corrected chi connectivity index (χ3v) is 0.949. The zero-order chi connectivity index (χ0) is 6.41. The van der Waals surface area contributed by atoms with E-state index in [2.05, 4.69) is 0 Å². The van der Waals surface area contributed by atoms with Crippen LogP contribution in [-0.2, 0) is 9.47 Å². The average molecular weight is 114 g/mol. The lowest BCUT2D eigenvalue weighted by molar-refractivity contribution is 0.0406. The Morgan fingerprint density at radius 2 is 2.12 bits per heavy atom. The predicted octanol–water partition coefficient (Wildman–Crippen LogP) is 0.235. The largest absolute Gasteiger partial charge is 0.382 e. The summed E-state index contributed by atoms with van der Waals surface area (Å²) in [5.41, 5.74) is 0. The van der Waals surface area contributed by atoms with Crippen LogP contribution in [0.3, 0.4) is 0 Å². The number of methoxy groups -OCH3 is 2. The highest BCUT2D eigenvalue weighted by molar-refractivity contribution is 6.08. The summed E-state index contributed by atoms with van der Waals surface area (Å²) in [5.74, 6) is 0. The Hall–Kier alpha value is -0.0151. The Labute approximate surface area is 51.6 Å². The van der Waals surface area contributed by atoms with Crippen LogP contribution in [0.5, 0.6) is 0 Å². The van der Waals surface area contributed by atoms with Gasteiger partial charge in [-0.15, -0.1) is 0 Å². The van der Waals surface area contributed by atoms with Crippen molar-refractivity contribution in [3.8, 4) is 0 Å². The van der Waals surface area contributed by atoms with Gasteiger partial charge in [-0.05, 0) is 0 Å². The molecule has 46 valence electrons. The summed E-state index contributed by atoms with van der Waals surface area (Å²) in [4.78, 5) is 0. The monoisotopic (exact) mass is 114 g/mol. The fraction of sp³-hybridized carbons (Fsp3) is 1.00. The molecule has 2 radical (unpaired) electrons. The fourth-order valence-electron chi connectivity index (χ4n) is 0.418. The first-order valence-electron chi connectivity index (χ1n) is 2.57. The summed E-state index contributed by atoms with van der Waals surface area (Å²) >= 11 is 0. The molecule has 0 saturated carbocycles. The van der Waals surface area contributed by atoms with Crippen LogP contribution in [-0.4, -0.2) is 34.8 Å². The standard InChI is InChI=1S/C5H11BO2/c1-7-4-5(3-6)8-2/h5H,3-4H2,1-2H3. The lowest BCUT2D eigenvalue weighted by atomic mass is 10.0. The normalized spacial score (nSPS) is 13.8. The number of hydrogen-bond donors (Lipinski definition) is 0. The van der Waals surface area contributed by atoms with Crippen LogP contribution in [0, 0.1) is 0 Å². The minimum atomic E-state index is 0.0556. The summed E-state index contributed by atoms with van der Waals surface area (Å²) in [6.45, 7) is 0.576. The van der Waals surface area contributed by atoms with E-state index in [0.29, 0.717) is 12.9 Å². The molecular weight excluding hydrogens is 103 g/mol. The van der Waals surface area contributed by atoms with E-state index in [4.69, 9.17) is 17.3 Å². The minimum absolute atomic E-state index is 0.0556. The molecular formula is C5H11BO2. The SMILES string of the molecule is [B]CC(COC)OC. The molecule has 0 aromatic carbocycles. The second-order valence-corrected chi connectivity index (χ2v) is 1.55. The van der Waals surface area contributed by atoms with Crippen LogP contribution in [0.15, 0.2) is 0 Å². The molecule has 0 aromatic heterocycles. The van der Waals surface area contributed by atoms with Crippen LogP contribution in [0.1, 0.15) is 0 Å². The van der Waals surface area contributed by atoms with Crippen molar-refractivity contribution in [2.45, 2.75) is 12.4 Å². The van der Waals surface area contributed by atoms with Crippen molar-refractivity contribution in [3.05, 3.63) is 0 Å². The zero-order valence-corrected chi connectivity index (χ0v) is 5.39. The summed E-state index contributed by atoms with van der Waals surface area (Å²) in [7, 11) is 8.51. The van der Waals surface area contributed by atoms with Gasteiger partial charge in [0.2, 0.25) is 0 Å². The van der Waals surface area contributed by atoms with Crippen LogP contribution in [0.25, 0.3) is 0 Å². The molecule has 0 aliphatic heterocycles. The first-order valence-corrected chi connectivity index (χ1v) is 2.57. The summed E-state index contributed by atoms with van der Waals surface area (Å²) in [6, 6.07) is 0. The van der Waals surface area contributed by atoms with Crippen molar-refractivity contribution in [1.82, 2.24) is 0 Å². The maximum Gasteiger partial charge on any atom is 0.0727 e. The Morgan fingerprint density at radius 1 is 1.50 bits per heavy atom. The highest BCUT2D eigenvalue weighted by Crippen LogP contribution is 1.92. The minimum Gasteiger partial charge on any atom is -0.382 e. The van der Waals surface area contributed by atoms with Crippen LogP contribution in [0.2, 0.25) is 6.32 Å². The molecule has 0 aliphatic carbocycles. The van der Waals surface area contributed by atoms with Gasteiger partial charge < -0.3 is 9.47 Å². The molecule has 0 N–H and O–H groups in total. The van der Waals surface area contributed by atoms with Crippen molar-refractivity contribution in [2.75, 3.05) is 20.8 Å². The van der Waals surface area contributed by atoms with Gasteiger partial charge in [-0.2, -0.15) is 0 Å². The Morgan fingerprint density at radius 3 is 2.25 bits per heavy atom. The topological polar surface area (TPSA) is 18.5 Å². The van der Waals surface area contributed by atoms with E-state index in [9.17, 15) is 0 Å². The van der Waals surface area contributed by atoms with Gasteiger partial charge in [-0.1, -0.05) is 6.32 Å². The second-order valence-electron chi connectivity index (χ2n) is 1.55. The predicted molar refractivity (Wildman–Crippen MR) is 33.2 cm³/mol. The summed E-state index contributed by atoms with van der Waals surface area (Å²) < 4.78 is 9.67. The van der Waals surface area contributed by atoms with Gasteiger partial charge in [0.05, 0.1) is 20.6 Å². The van der Waals surface area contributed by atoms with Crippen LogP contribution < -0.4 is 0 Å². The fourth-order valence-corrected chi connectivity index (χ4v) is 0.418. The van der Waals surface area contributed by atoms with Crippen molar-refractivity contribution < 1.29 is 9.47 Å². The van der Waals surface area contributed by atoms with Gasteiger partial charge in [0.1, 0.15) is 0 Å². The van der Waals surface area contributed by atoms with E-state index in [0.717, 1.165) is 0 Å². The van der Waals surface area contributed by atoms with Crippen molar-refractivity contribution >= 4 is 7.85 Å². The first-order chi connectivity index (χ1) is 3.85. The molecule has 3 heteroatoms. The Bertz CT molecular complexity index is 45.7. The van der Waals surface area contributed by atoms with E-state index < -0.39 is 0 Å². The quantitative estimate of drug-likeness (QED) is 0.487. The lowest BCUT2D eigenvalue weighted by Crippen LogP contribution is -2.15. The molecule has 8 heavy (non-hydrogen) atoms. The van der Waals surface area contributed by atoms with E-state index in [1.54, 1.807) is 14.2 Å². The summed E-state index contributed by atoms with van der Waals surface area (Å²) in [5, 5.41) is 0. The van der Waals surface area contributed by atoms with Gasteiger partial charge >= 0.3 is 0 Å². The van der Waals surface area contributed by atoms with E-state index >= 15 is 0 Å². The molecule has 0 aliphatic rings. The third kappa shape index (κ3) is 3.05. The van der Waals surface area contributed by atoms with Crippen molar-refractivity contribution in [3.63, 3.8) is 0 Å². The Balaban J connectivity index is 3.07. The van der Waals surface area contributed by atoms with Gasteiger partial charge in [-0.25, -0.2) is 0 Å². The van der Waals surface area contributed by atoms with Crippen LogP contribution >= 0.6 is 0 Å². The van der Waals surface area contributed by atoms with Gasteiger partial charge in [0.15, 0.2) is 0 Å². The third-order valence-electron chi connectivity index (χ3n) is 0.949. The molecule has 0 saturated heterocycles. The van der Waals surface area contributed by atoms with Crippen LogP contribution in [0.4, 0.5) is 0 Å². The molecule has 1 unspecified atom stereocenters. The Kier molecular flexibility index (Phi) is 5.12. The van der Waals surface area contributed by atoms with Crippen molar-refractivity contribution in [2.24, 2.45) is 0 Å². The number of ether oxygens (including phenoxy) is 2. The summed E-state index contributed by atoms with van der Waals surface area (Å²) in [6.07, 6.45) is 0.574. The molecule has 0 spiro atoms.